The van der Waals surface area contributed by atoms with Crippen molar-refractivity contribution in [1.29, 1.82) is 0 Å². The van der Waals surface area contributed by atoms with Gasteiger partial charge in [0.25, 0.3) is 0 Å². The van der Waals surface area contributed by atoms with E-state index in [1.54, 1.807) is 12.1 Å². The van der Waals surface area contributed by atoms with Gasteiger partial charge in [-0.15, -0.1) is 10.2 Å². The van der Waals surface area contributed by atoms with Crippen LogP contribution in [0.1, 0.15) is 17.8 Å². The van der Waals surface area contributed by atoms with Crippen molar-refractivity contribution in [3.05, 3.63) is 71.8 Å². The number of hydrogen-bond donors (Lipinski definition) is 1. The highest BCUT2D eigenvalue weighted by Crippen LogP contribution is 2.24. The third kappa shape index (κ3) is 5.64. The Kier molecular flexibility index (Phi) is 6.86. The van der Waals surface area contributed by atoms with E-state index in [1.165, 1.54) is 29.5 Å². The third-order valence-electron chi connectivity index (χ3n) is 5.48. The van der Waals surface area contributed by atoms with Crippen molar-refractivity contribution < 1.29 is 9.18 Å². The van der Waals surface area contributed by atoms with Crippen LogP contribution in [-0.2, 0) is 11.3 Å². The fourth-order valence-corrected chi connectivity index (χ4v) is 4.55. The van der Waals surface area contributed by atoms with Crippen LogP contribution < -0.4 is 10.2 Å². The summed E-state index contributed by atoms with van der Waals surface area (Å²) in [6, 6.07) is 16.7. The summed E-state index contributed by atoms with van der Waals surface area (Å²) in [6.07, 6.45) is 1.01. The molecule has 1 aliphatic heterocycles. The lowest BCUT2D eigenvalue weighted by atomic mass is 10.1. The lowest BCUT2D eigenvalue weighted by Gasteiger charge is -2.18. The quantitative estimate of drug-likeness (QED) is 0.544. The minimum atomic E-state index is -0.223. The molecule has 1 fully saturated rings. The summed E-state index contributed by atoms with van der Waals surface area (Å²) >= 11 is 1.41. The second kappa shape index (κ2) is 9.96. The summed E-state index contributed by atoms with van der Waals surface area (Å²) < 4.78 is 15.1. The van der Waals surface area contributed by atoms with E-state index in [2.05, 4.69) is 32.5 Å². The van der Waals surface area contributed by atoms with E-state index < -0.39 is 0 Å². The number of amides is 1. The number of benzene rings is 2. The lowest BCUT2D eigenvalue weighted by molar-refractivity contribution is -0.118. The van der Waals surface area contributed by atoms with E-state index in [0.717, 1.165) is 36.2 Å². The third-order valence-corrected chi connectivity index (χ3v) is 6.45. The number of aryl methyl sites for hydroxylation is 1. The van der Waals surface area contributed by atoms with Gasteiger partial charge in [0.1, 0.15) is 11.6 Å². The summed E-state index contributed by atoms with van der Waals surface area (Å²) in [7, 11) is 0. The molecule has 1 unspecified atom stereocenters. The Balaban J connectivity index is 1.24. The summed E-state index contributed by atoms with van der Waals surface area (Å²) in [4.78, 5) is 14.6. The predicted octanol–water partition coefficient (Wildman–Crippen LogP) is 3.51. The highest BCUT2D eigenvalue weighted by molar-refractivity contribution is 7.99. The summed E-state index contributed by atoms with van der Waals surface area (Å²) in [5.74, 6) is 1.30. The first-order valence-electron chi connectivity index (χ1n) is 10.4. The molecular formula is C23H26FN5OS. The van der Waals surface area contributed by atoms with Gasteiger partial charge in [0.05, 0.1) is 12.3 Å². The Morgan fingerprint density at radius 1 is 1.16 bits per heavy atom. The molecule has 6 nitrogen and oxygen atoms in total. The van der Waals surface area contributed by atoms with E-state index in [0.29, 0.717) is 24.8 Å². The molecule has 31 heavy (non-hydrogen) atoms. The first-order chi connectivity index (χ1) is 15.1. The van der Waals surface area contributed by atoms with Crippen molar-refractivity contribution in [1.82, 2.24) is 20.1 Å². The molecule has 0 spiro atoms. The van der Waals surface area contributed by atoms with Crippen LogP contribution in [0.2, 0.25) is 0 Å². The molecule has 1 saturated heterocycles. The van der Waals surface area contributed by atoms with Gasteiger partial charge in [0.15, 0.2) is 5.16 Å². The van der Waals surface area contributed by atoms with Gasteiger partial charge < -0.3 is 14.8 Å². The lowest BCUT2D eigenvalue weighted by Crippen LogP contribution is -2.32. The van der Waals surface area contributed by atoms with Gasteiger partial charge in [0, 0.05) is 25.3 Å². The van der Waals surface area contributed by atoms with Crippen molar-refractivity contribution in [2.75, 3.05) is 30.3 Å². The number of nitrogens with one attached hydrogen (secondary N) is 1. The first kappa shape index (κ1) is 21.4. The Morgan fingerprint density at radius 3 is 2.71 bits per heavy atom. The maximum atomic E-state index is 13.1. The molecule has 2 aromatic carbocycles. The van der Waals surface area contributed by atoms with Crippen LogP contribution in [0.4, 0.5) is 10.1 Å². The zero-order valence-electron chi connectivity index (χ0n) is 17.5. The molecule has 2 heterocycles. The van der Waals surface area contributed by atoms with Crippen LogP contribution in [0.5, 0.6) is 0 Å². The van der Waals surface area contributed by atoms with Crippen molar-refractivity contribution in [2.45, 2.75) is 25.0 Å². The van der Waals surface area contributed by atoms with E-state index in [-0.39, 0.29) is 11.7 Å². The molecule has 1 amide bonds. The van der Waals surface area contributed by atoms with E-state index >= 15 is 0 Å². The number of rotatable bonds is 8. The Morgan fingerprint density at radius 2 is 1.94 bits per heavy atom. The molecule has 1 atom stereocenters. The van der Waals surface area contributed by atoms with Gasteiger partial charge in [-0.2, -0.15) is 0 Å². The average Bonchev–Trinajstić information content (AvgIpc) is 3.39. The van der Waals surface area contributed by atoms with Gasteiger partial charge in [-0.05, 0) is 49.1 Å². The molecule has 1 aliphatic rings. The van der Waals surface area contributed by atoms with Gasteiger partial charge in [0.2, 0.25) is 5.91 Å². The maximum absolute atomic E-state index is 13.1. The van der Waals surface area contributed by atoms with Gasteiger partial charge in [-0.3, -0.25) is 4.79 Å². The van der Waals surface area contributed by atoms with Gasteiger partial charge >= 0.3 is 0 Å². The second-order valence-corrected chi connectivity index (χ2v) is 8.71. The average molecular weight is 440 g/mol. The number of aromatic nitrogens is 3. The Hall–Kier alpha value is -2.87. The topological polar surface area (TPSA) is 63.1 Å². The minimum absolute atomic E-state index is 0.00264. The zero-order valence-corrected chi connectivity index (χ0v) is 18.3. The van der Waals surface area contributed by atoms with Crippen LogP contribution in [0.3, 0.4) is 0 Å². The molecular weight excluding hydrogens is 413 g/mol. The fourth-order valence-electron chi connectivity index (χ4n) is 3.74. The van der Waals surface area contributed by atoms with Gasteiger partial charge in [-0.1, -0.05) is 42.1 Å². The van der Waals surface area contributed by atoms with E-state index in [1.807, 2.05) is 29.7 Å². The van der Waals surface area contributed by atoms with Crippen molar-refractivity contribution >= 4 is 23.4 Å². The number of anilines is 1. The number of carbonyl (C=O) groups excluding carboxylic acids is 1. The molecule has 0 radical (unpaired) electrons. The predicted molar refractivity (Wildman–Crippen MR) is 121 cm³/mol. The van der Waals surface area contributed by atoms with Crippen LogP contribution in [0, 0.1) is 18.7 Å². The van der Waals surface area contributed by atoms with Crippen molar-refractivity contribution in [3.8, 4) is 0 Å². The molecule has 0 saturated carbocycles. The standard InChI is InChI=1S/C23H26FN5OS/c1-17-26-27-23(29(17)15-18-5-3-2-4-6-18)31-16-22(30)25-13-19-11-12-28(14-19)21-9-7-20(24)8-10-21/h2-10,19H,11-16H2,1H3,(H,25,30). The zero-order chi connectivity index (χ0) is 21.6. The summed E-state index contributed by atoms with van der Waals surface area (Å²) in [5.41, 5.74) is 2.20. The maximum Gasteiger partial charge on any atom is 0.230 e. The van der Waals surface area contributed by atoms with E-state index in [4.69, 9.17) is 0 Å². The largest absolute Gasteiger partial charge is 0.371 e. The number of nitrogens with zero attached hydrogens (tertiary/aromatic N) is 4. The summed E-state index contributed by atoms with van der Waals surface area (Å²) in [5, 5.41) is 12.2. The second-order valence-electron chi connectivity index (χ2n) is 7.77. The van der Waals surface area contributed by atoms with Crippen LogP contribution in [0.15, 0.2) is 59.8 Å². The monoisotopic (exact) mass is 439 g/mol. The molecule has 1 N–H and O–H groups in total. The molecule has 162 valence electrons. The SMILES string of the molecule is Cc1nnc(SCC(=O)NCC2CCN(c3ccc(F)cc3)C2)n1Cc1ccccc1. The molecule has 0 aliphatic carbocycles. The van der Waals surface area contributed by atoms with E-state index in [9.17, 15) is 9.18 Å². The number of carbonyl (C=O) groups is 1. The number of halogens is 1. The summed E-state index contributed by atoms with van der Waals surface area (Å²) in [6.45, 7) is 5.04. The smallest absolute Gasteiger partial charge is 0.230 e. The molecule has 4 rings (SSSR count). The number of hydrogen-bond acceptors (Lipinski definition) is 5. The first-order valence-corrected chi connectivity index (χ1v) is 11.4. The Bertz CT molecular complexity index is 1010. The van der Waals surface area contributed by atoms with Gasteiger partial charge in [-0.25, -0.2) is 4.39 Å². The molecule has 1 aromatic heterocycles. The normalized spacial score (nSPS) is 15.9. The molecule has 0 bridgehead atoms. The van der Waals surface area contributed by atoms with Crippen molar-refractivity contribution in [3.63, 3.8) is 0 Å². The Labute approximate surface area is 185 Å². The van der Waals surface area contributed by atoms with Crippen molar-refractivity contribution in [2.24, 2.45) is 5.92 Å². The highest BCUT2D eigenvalue weighted by atomic mass is 32.2. The van der Waals surface area contributed by atoms with Crippen LogP contribution >= 0.6 is 11.8 Å². The fraction of sp³-hybridized carbons (Fsp3) is 0.348. The molecule has 3 aromatic rings. The molecule has 8 heteroatoms. The highest BCUT2D eigenvalue weighted by Gasteiger charge is 2.23. The van der Waals surface area contributed by atoms with Crippen LogP contribution in [0.25, 0.3) is 0 Å². The minimum Gasteiger partial charge on any atom is -0.371 e. The van der Waals surface area contributed by atoms with Crippen LogP contribution in [-0.4, -0.2) is 46.1 Å². The number of thioether (sulfide) groups is 1.